The van der Waals surface area contributed by atoms with Gasteiger partial charge in [0.15, 0.2) is 18.1 Å². The van der Waals surface area contributed by atoms with E-state index in [1.165, 1.54) is 21.3 Å². The molecule has 0 aliphatic rings. The van der Waals surface area contributed by atoms with Gasteiger partial charge in [-0.05, 0) is 37.6 Å². The molecule has 0 radical (unpaired) electrons. The normalized spacial score (nSPS) is 11.6. The van der Waals surface area contributed by atoms with Crippen LogP contribution in [0.2, 0.25) is 0 Å². The van der Waals surface area contributed by atoms with Crippen LogP contribution in [0.4, 0.5) is 0 Å². The van der Waals surface area contributed by atoms with Crippen molar-refractivity contribution in [2.45, 2.75) is 32.7 Å². The third kappa shape index (κ3) is 5.57. The van der Waals surface area contributed by atoms with E-state index in [9.17, 15) is 9.59 Å². The molecular formula is C26H30N2O6. The van der Waals surface area contributed by atoms with Crippen molar-refractivity contribution in [2.24, 2.45) is 0 Å². The number of nitrogens with one attached hydrogen (secondary N) is 1. The number of fused-ring (bicyclic) bond motifs is 1. The van der Waals surface area contributed by atoms with Crippen molar-refractivity contribution in [3.63, 3.8) is 0 Å². The van der Waals surface area contributed by atoms with Crippen LogP contribution in [0.5, 0.6) is 17.2 Å². The van der Waals surface area contributed by atoms with E-state index >= 15 is 0 Å². The van der Waals surface area contributed by atoms with E-state index in [4.69, 9.17) is 23.9 Å². The number of ether oxygens (including phenoxy) is 4. The summed E-state index contributed by atoms with van der Waals surface area (Å²) in [5.74, 6) is 0.447. The highest BCUT2D eigenvalue weighted by atomic mass is 16.5. The largest absolute Gasteiger partial charge is 0.493 e. The highest BCUT2D eigenvalue weighted by Crippen LogP contribution is 2.41. The second-order valence-electron chi connectivity index (χ2n) is 7.82. The third-order valence-electron chi connectivity index (χ3n) is 5.36. The predicted molar refractivity (Wildman–Crippen MR) is 130 cm³/mol. The fourth-order valence-corrected chi connectivity index (χ4v) is 3.75. The summed E-state index contributed by atoms with van der Waals surface area (Å²) in [4.78, 5) is 29.9. The Morgan fingerprint density at radius 1 is 1.00 bits per heavy atom. The molecule has 3 rings (SSSR count). The third-order valence-corrected chi connectivity index (χ3v) is 5.36. The smallest absolute Gasteiger partial charge is 0.339 e. The van der Waals surface area contributed by atoms with Crippen molar-refractivity contribution in [3.8, 4) is 28.5 Å². The van der Waals surface area contributed by atoms with E-state index in [1.54, 1.807) is 24.3 Å². The fourth-order valence-electron chi connectivity index (χ4n) is 3.75. The lowest BCUT2D eigenvalue weighted by atomic mass is 10.0. The van der Waals surface area contributed by atoms with Crippen molar-refractivity contribution >= 4 is 22.8 Å². The number of amides is 1. The quantitative estimate of drug-likeness (QED) is 0.443. The summed E-state index contributed by atoms with van der Waals surface area (Å²) in [6, 6.07) is 12.4. The van der Waals surface area contributed by atoms with E-state index in [1.807, 2.05) is 32.0 Å². The number of carbonyl (C=O) groups is 2. The highest BCUT2D eigenvalue weighted by molar-refractivity contribution is 6.05. The summed E-state index contributed by atoms with van der Waals surface area (Å²) in [5.41, 5.74) is 2.11. The zero-order valence-electron chi connectivity index (χ0n) is 20.1. The average molecular weight is 467 g/mol. The summed E-state index contributed by atoms with van der Waals surface area (Å²) in [7, 11) is 4.59. The van der Waals surface area contributed by atoms with Crippen molar-refractivity contribution < 1.29 is 28.5 Å². The standard InChI is InChI=1S/C26H30N2O6/c1-6-9-16(2)27-24(29)15-34-26(30)19-14-21(28-20-11-8-7-10-18(19)20)17-12-22(31-3)25(33-5)23(13-17)32-4/h7-8,10-14,16H,6,9,15H2,1-5H3,(H,27,29). The molecule has 0 saturated heterocycles. The molecular weight excluding hydrogens is 436 g/mol. The van der Waals surface area contributed by atoms with Crippen molar-refractivity contribution in [1.82, 2.24) is 10.3 Å². The molecule has 0 aliphatic heterocycles. The Balaban J connectivity index is 1.97. The number of hydrogen-bond donors (Lipinski definition) is 1. The Morgan fingerprint density at radius 3 is 2.29 bits per heavy atom. The monoisotopic (exact) mass is 466 g/mol. The zero-order valence-corrected chi connectivity index (χ0v) is 20.1. The molecule has 2 aromatic carbocycles. The number of hydrogen-bond acceptors (Lipinski definition) is 7. The Labute approximate surface area is 199 Å². The van der Waals surface area contributed by atoms with Gasteiger partial charge in [-0.25, -0.2) is 9.78 Å². The van der Waals surface area contributed by atoms with Gasteiger partial charge in [-0.3, -0.25) is 4.79 Å². The Kier molecular flexibility index (Phi) is 8.29. The number of methoxy groups -OCH3 is 3. The fraction of sp³-hybridized carbons (Fsp3) is 0.346. The van der Waals surface area contributed by atoms with Crippen molar-refractivity contribution in [2.75, 3.05) is 27.9 Å². The maximum absolute atomic E-state index is 13.0. The van der Waals surface area contributed by atoms with Gasteiger partial charge in [0.1, 0.15) is 0 Å². The summed E-state index contributed by atoms with van der Waals surface area (Å²) >= 11 is 0. The first-order valence-electron chi connectivity index (χ1n) is 11.1. The summed E-state index contributed by atoms with van der Waals surface area (Å²) < 4.78 is 21.6. The Bertz CT molecular complexity index is 1150. The number of nitrogens with zero attached hydrogens (tertiary/aromatic N) is 1. The van der Waals surface area contributed by atoms with Gasteiger partial charge in [0.25, 0.3) is 5.91 Å². The molecule has 1 atom stereocenters. The maximum atomic E-state index is 13.0. The summed E-state index contributed by atoms with van der Waals surface area (Å²) in [5, 5.41) is 3.46. The van der Waals surface area contributed by atoms with Crippen LogP contribution >= 0.6 is 0 Å². The Morgan fingerprint density at radius 2 is 1.68 bits per heavy atom. The molecule has 8 nitrogen and oxygen atoms in total. The molecule has 34 heavy (non-hydrogen) atoms. The molecule has 1 amide bonds. The van der Waals surface area contributed by atoms with Crippen LogP contribution < -0.4 is 19.5 Å². The molecule has 1 heterocycles. The first-order chi connectivity index (χ1) is 16.4. The van der Waals surface area contributed by atoms with Gasteiger partial charge in [-0.2, -0.15) is 0 Å². The molecule has 1 N–H and O–H groups in total. The van der Waals surface area contributed by atoms with E-state index in [0.29, 0.717) is 45.0 Å². The van der Waals surface area contributed by atoms with E-state index in [-0.39, 0.29) is 18.6 Å². The predicted octanol–water partition coefficient (Wildman–Crippen LogP) is 4.39. The average Bonchev–Trinajstić information content (AvgIpc) is 2.85. The number of aromatic nitrogens is 1. The molecule has 1 aromatic heterocycles. The molecule has 180 valence electrons. The van der Waals surface area contributed by atoms with E-state index in [2.05, 4.69) is 5.32 Å². The number of esters is 1. The molecule has 0 bridgehead atoms. The van der Waals surface area contributed by atoms with Gasteiger partial charge in [0.05, 0.1) is 38.1 Å². The van der Waals surface area contributed by atoms with Gasteiger partial charge < -0.3 is 24.3 Å². The van der Waals surface area contributed by atoms with Crippen LogP contribution in [0.1, 0.15) is 37.0 Å². The number of pyridine rings is 1. The van der Waals surface area contributed by atoms with E-state index in [0.717, 1.165) is 12.8 Å². The molecule has 0 spiro atoms. The minimum atomic E-state index is -0.606. The molecule has 0 saturated carbocycles. The Hall–Kier alpha value is -3.81. The van der Waals surface area contributed by atoms with Gasteiger partial charge in [0.2, 0.25) is 5.75 Å². The second kappa shape index (κ2) is 11.4. The van der Waals surface area contributed by atoms with Crippen molar-refractivity contribution in [1.29, 1.82) is 0 Å². The van der Waals surface area contributed by atoms with Gasteiger partial charge in [-0.1, -0.05) is 31.5 Å². The number of carbonyl (C=O) groups excluding carboxylic acids is 2. The second-order valence-corrected chi connectivity index (χ2v) is 7.82. The van der Waals surface area contributed by atoms with Gasteiger partial charge in [-0.15, -0.1) is 0 Å². The van der Waals surface area contributed by atoms with Crippen LogP contribution in [0, 0.1) is 0 Å². The van der Waals surface area contributed by atoms with Crippen LogP contribution in [-0.2, 0) is 9.53 Å². The van der Waals surface area contributed by atoms with Gasteiger partial charge >= 0.3 is 5.97 Å². The van der Waals surface area contributed by atoms with Crippen LogP contribution in [-0.4, -0.2) is 50.8 Å². The van der Waals surface area contributed by atoms with Crippen LogP contribution in [0.25, 0.3) is 22.2 Å². The number of para-hydroxylation sites is 1. The molecule has 0 fully saturated rings. The van der Waals surface area contributed by atoms with Crippen LogP contribution in [0.3, 0.4) is 0 Å². The minimum Gasteiger partial charge on any atom is -0.493 e. The zero-order chi connectivity index (χ0) is 24.7. The lowest BCUT2D eigenvalue weighted by Crippen LogP contribution is -2.35. The molecule has 0 aliphatic carbocycles. The first kappa shape index (κ1) is 24.8. The number of benzene rings is 2. The van der Waals surface area contributed by atoms with Gasteiger partial charge in [0, 0.05) is 17.0 Å². The van der Waals surface area contributed by atoms with Crippen molar-refractivity contribution in [3.05, 3.63) is 48.0 Å². The summed E-state index contributed by atoms with van der Waals surface area (Å²) in [6.07, 6.45) is 1.81. The lowest BCUT2D eigenvalue weighted by Gasteiger charge is -2.15. The van der Waals surface area contributed by atoms with Crippen LogP contribution in [0.15, 0.2) is 42.5 Å². The van der Waals surface area contributed by atoms with E-state index < -0.39 is 5.97 Å². The summed E-state index contributed by atoms with van der Waals surface area (Å²) in [6.45, 7) is 3.61. The molecule has 8 heteroatoms. The lowest BCUT2D eigenvalue weighted by molar-refractivity contribution is -0.124. The number of rotatable bonds is 10. The minimum absolute atomic E-state index is 0.0181. The topological polar surface area (TPSA) is 96.0 Å². The molecule has 1 unspecified atom stereocenters. The molecule has 3 aromatic rings. The highest BCUT2D eigenvalue weighted by Gasteiger charge is 2.19. The first-order valence-corrected chi connectivity index (χ1v) is 11.1. The SMILES string of the molecule is CCCC(C)NC(=O)COC(=O)c1cc(-c2cc(OC)c(OC)c(OC)c2)nc2ccccc12. The maximum Gasteiger partial charge on any atom is 0.339 e.